The van der Waals surface area contributed by atoms with Crippen molar-refractivity contribution < 1.29 is 0 Å². The van der Waals surface area contributed by atoms with Crippen molar-refractivity contribution in [1.29, 1.82) is 0 Å². The molecule has 0 saturated heterocycles. The number of nitrogens with zero attached hydrogens (tertiary/aromatic N) is 3. The lowest BCUT2D eigenvalue weighted by Crippen LogP contribution is -2.20. The van der Waals surface area contributed by atoms with E-state index < -0.39 is 0 Å². The third-order valence-corrected chi connectivity index (χ3v) is 3.21. The first-order valence-electron chi connectivity index (χ1n) is 5.48. The Bertz CT molecular complexity index is 495. The largest absolute Gasteiger partial charge is 0.320 e. The van der Waals surface area contributed by atoms with Crippen molar-refractivity contribution in [1.82, 2.24) is 20.1 Å². The van der Waals surface area contributed by atoms with Gasteiger partial charge in [0.2, 0.25) is 0 Å². The molecule has 0 spiro atoms. The van der Waals surface area contributed by atoms with Gasteiger partial charge >= 0.3 is 0 Å². The first-order chi connectivity index (χ1) is 8.16. The molecule has 1 aromatic heterocycles. The molecule has 1 heterocycles. The van der Waals surface area contributed by atoms with E-state index in [-0.39, 0.29) is 6.04 Å². The van der Waals surface area contributed by atoms with Crippen LogP contribution in [0.1, 0.15) is 24.4 Å². The molecule has 0 unspecified atom stereocenters. The molecule has 2 aromatic rings. The Labute approximate surface area is 109 Å². The van der Waals surface area contributed by atoms with Gasteiger partial charge in [0.1, 0.15) is 12.2 Å². The Morgan fingerprint density at radius 3 is 2.94 bits per heavy atom. The van der Waals surface area contributed by atoms with E-state index >= 15 is 0 Å². The Morgan fingerprint density at radius 1 is 1.47 bits per heavy atom. The predicted molar refractivity (Wildman–Crippen MR) is 70.4 cm³/mol. The van der Waals surface area contributed by atoms with Gasteiger partial charge in [-0.3, -0.25) is 0 Å². The van der Waals surface area contributed by atoms with Gasteiger partial charge in [-0.15, -0.1) is 10.2 Å². The van der Waals surface area contributed by atoms with Crippen LogP contribution in [-0.4, -0.2) is 14.8 Å². The van der Waals surface area contributed by atoms with Crippen LogP contribution < -0.4 is 5.32 Å². The minimum absolute atomic E-state index is 0.282. The molecule has 0 amide bonds. The van der Waals surface area contributed by atoms with Crippen LogP contribution in [0.2, 0.25) is 0 Å². The fourth-order valence-electron chi connectivity index (χ4n) is 1.61. The van der Waals surface area contributed by atoms with Crippen LogP contribution in [0.3, 0.4) is 0 Å². The van der Waals surface area contributed by atoms with E-state index in [2.05, 4.69) is 50.5 Å². The van der Waals surface area contributed by atoms with E-state index in [1.807, 2.05) is 23.7 Å². The zero-order valence-corrected chi connectivity index (χ0v) is 11.5. The summed E-state index contributed by atoms with van der Waals surface area (Å²) in [4.78, 5) is 0. The van der Waals surface area contributed by atoms with Gasteiger partial charge in [-0.25, -0.2) is 0 Å². The van der Waals surface area contributed by atoms with E-state index in [0.29, 0.717) is 6.54 Å². The second-order valence-corrected chi connectivity index (χ2v) is 4.93. The summed E-state index contributed by atoms with van der Waals surface area (Å²) in [5, 5.41) is 11.3. The molecule has 2 rings (SSSR count). The highest BCUT2D eigenvalue weighted by Crippen LogP contribution is 2.17. The summed E-state index contributed by atoms with van der Waals surface area (Å²) in [5.41, 5.74) is 1.25. The van der Waals surface area contributed by atoms with Gasteiger partial charge in [-0.05, 0) is 24.6 Å². The second-order valence-electron chi connectivity index (χ2n) is 4.02. The van der Waals surface area contributed by atoms with Gasteiger partial charge in [0, 0.05) is 17.6 Å². The lowest BCUT2D eigenvalue weighted by Gasteiger charge is -2.14. The molecule has 0 aliphatic rings. The molecule has 0 radical (unpaired) electrons. The van der Waals surface area contributed by atoms with Gasteiger partial charge in [0.05, 0.1) is 6.54 Å². The van der Waals surface area contributed by atoms with Crippen molar-refractivity contribution in [2.75, 3.05) is 0 Å². The normalized spacial score (nSPS) is 12.6. The molecule has 5 heteroatoms. The van der Waals surface area contributed by atoms with Crippen LogP contribution in [-0.2, 0) is 13.6 Å². The average molecular weight is 295 g/mol. The highest BCUT2D eigenvalue weighted by atomic mass is 79.9. The SMILES string of the molecule is C[C@H](NCc1nncn1C)c1cccc(Br)c1. The lowest BCUT2D eigenvalue weighted by atomic mass is 10.1. The van der Waals surface area contributed by atoms with Crippen molar-refractivity contribution in [2.24, 2.45) is 7.05 Å². The summed E-state index contributed by atoms with van der Waals surface area (Å²) < 4.78 is 3.02. The van der Waals surface area contributed by atoms with Gasteiger partial charge < -0.3 is 9.88 Å². The molecule has 4 nitrogen and oxygen atoms in total. The number of halogens is 1. The van der Waals surface area contributed by atoms with E-state index in [0.717, 1.165) is 10.3 Å². The molecule has 1 atom stereocenters. The standard InChI is InChI=1S/C12H15BrN4/c1-9(10-4-3-5-11(13)6-10)14-7-12-16-15-8-17(12)2/h3-6,8-9,14H,7H2,1-2H3/t9-/m0/s1. The van der Waals surface area contributed by atoms with Crippen LogP contribution in [0.4, 0.5) is 0 Å². The quantitative estimate of drug-likeness (QED) is 0.942. The van der Waals surface area contributed by atoms with Gasteiger partial charge in [0.25, 0.3) is 0 Å². The van der Waals surface area contributed by atoms with Gasteiger partial charge in [0.15, 0.2) is 0 Å². The first-order valence-corrected chi connectivity index (χ1v) is 6.28. The van der Waals surface area contributed by atoms with Crippen molar-refractivity contribution in [2.45, 2.75) is 19.5 Å². The number of aryl methyl sites for hydroxylation is 1. The minimum Gasteiger partial charge on any atom is -0.320 e. The zero-order valence-electron chi connectivity index (χ0n) is 9.89. The van der Waals surface area contributed by atoms with E-state index in [1.54, 1.807) is 6.33 Å². The van der Waals surface area contributed by atoms with Crippen LogP contribution >= 0.6 is 15.9 Å². The number of benzene rings is 1. The van der Waals surface area contributed by atoms with Crippen molar-refractivity contribution >= 4 is 15.9 Å². The molecule has 1 aromatic carbocycles. The van der Waals surface area contributed by atoms with E-state index in [4.69, 9.17) is 0 Å². The maximum absolute atomic E-state index is 4.04. The maximum atomic E-state index is 4.04. The van der Waals surface area contributed by atoms with Crippen LogP contribution in [0.25, 0.3) is 0 Å². The molecule has 1 N–H and O–H groups in total. The number of hydrogen-bond donors (Lipinski definition) is 1. The number of rotatable bonds is 4. The Hall–Kier alpha value is -1.20. The molecule has 0 aliphatic carbocycles. The summed E-state index contributed by atoms with van der Waals surface area (Å²) in [7, 11) is 1.95. The van der Waals surface area contributed by atoms with E-state index in [9.17, 15) is 0 Å². The third kappa shape index (κ3) is 3.14. The fourth-order valence-corrected chi connectivity index (χ4v) is 2.02. The van der Waals surface area contributed by atoms with Crippen molar-refractivity contribution in [3.8, 4) is 0 Å². The second kappa shape index (κ2) is 5.42. The molecule has 0 bridgehead atoms. The van der Waals surface area contributed by atoms with Crippen LogP contribution in [0.15, 0.2) is 35.1 Å². The summed E-state index contributed by atoms with van der Waals surface area (Å²) in [6.45, 7) is 2.85. The number of hydrogen-bond acceptors (Lipinski definition) is 3. The average Bonchev–Trinajstić information content (AvgIpc) is 2.72. The lowest BCUT2D eigenvalue weighted by molar-refractivity contribution is 0.548. The molecule has 90 valence electrons. The minimum atomic E-state index is 0.282. The van der Waals surface area contributed by atoms with Crippen LogP contribution in [0, 0.1) is 0 Å². The molecule has 0 saturated carbocycles. The number of nitrogens with one attached hydrogen (secondary N) is 1. The van der Waals surface area contributed by atoms with Gasteiger partial charge in [-0.1, -0.05) is 28.1 Å². The Balaban J connectivity index is 1.98. The third-order valence-electron chi connectivity index (χ3n) is 2.72. The molecular formula is C12H15BrN4. The first kappa shape index (κ1) is 12.3. The fraction of sp³-hybridized carbons (Fsp3) is 0.333. The zero-order chi connectivity index (χ0) is 12.3. The predicted octanol–water partition coefficient (Wildman–Crippen LogP) is 2.43. The summed E-state index contributed by atoms with van der Waals surface area (Å²) in [6.07, 6.45) is 1.71. The van der Waals surface area contributed by atoms with E-state index in [1.165, 1.54) is 5.56 Å². The summed E-state index contributed by atoms with van der Waals surface area (Å²) in [6, 6.07) is 8.58. The summed E-state index contributed by atoms with van der Waals surface area (Å²) in [5.74, 6) is 0.937. The molecular weight excluding hydrogens is 280 g/mol. The maximum Gasteiger partial charge on any atom is 0.146 e. The number of aromatic nitrogens is 3. The van der Waals surface area contributed by atoms with Crippen LogP contribution in [0.5, 0.6) is 0 Å². The topological polar surface area (TPSA) is 42.7 Å². The molecule has 0 fully saturated rings. The molecule has 17 heavy (non-hydrogen) atoms. The van der Waals surface area contributed by atoms with Crippen molar-refractivity contribution in [3.63, 3.8) is 0 Å². The molecule has 0 aliphatic heterocycles. The monoisotopic (exact) mass is 294 g/mol. The highest BCUT2D eigenvalue weighted by Gasteiger charge is 2.07. The Kier molecular flexibility index (Phi) is 3.91. The summed E-state index contributed by atoms with van der Waals surface area (Å²) >= 11 is 3.48. The smallest absolute Gasteiger partial charge is 0.146 e. The van der Waals surface area contributed by atoms with Crippen molar-refractivity contribution in [3.05, 3.63) is 46.5 Å². The highest BCUT2D eigenvalue weighted by molar-refractivity contribution is 9.10. The Morgan fingerprint density at radius 2 is 2.29 bits per heavy atom. The van der Waals surface area contributed by atoms with Gasteiger partial charge in [-0.2, -0.15) is 0 Å².